The highest BCUT2D eigenvalue weighted by Gasteiger charge is 2.37. The maximum Gasteiger partial charge on any atom is 0.325 e. The number of pyridine rings is 1. The van der Waals surface area contributed by atoms with Gasteiger partial charge in [-0.3, -0.25) is 9.69 Å². The summed E-state index contributed by atoms with van der Waals surface area (Å²) in [4.78, 5) is 29.7. The molecular formula is C16H21N3O3S. The topological polar surface area (TPSA) is 71.5 Å². The van der Waals surface area contributed by atoms with Crippen LogP contribution < -0.4 is 10.1 Å². The van der Waals surface area contributed by atoms with E-state index in [0.29, 0.717) is 18.2 Å². The first-order valence-electron chi connectivity index (χ1n) is 7.86. The van der Waals surface area contributed by atoms with Crippen LogP contribution in [0.5, 0.6) is 5.88 Å². The minimum Gasteiger partial charge on any atom is -0.477 e. The lowest BCUT2D eigenvalue weighted by Crippen LogP contribution is -2.31. The molecule has 124 valence electrons. The number of carbonyl (C=O) groups excluding carboxylic acids is 2. The molecule has 23 heavy (non-hydrogen) atoms. The lowest BCUT2D eigenvalue weighted by atomic mass is 10.2. The molecule has 0 spiro atoms. The summed E-state index contributed by atoms with van der Waals surface area (Å²) < 4.78 is 5.59. The largest absolute Gasteiger partial charge is 0.477 e. The van der Waals surface area contributed by atoms with E-state index >= 15 is 0 Å². The summed E-state index contributed by atoms with van der Waals surface area (Å²) in [5.74, 6) is 1.97. The van der Waals surface area contributed by atoms with Crippen molar-refractivity contribution in [2.45, 2.75) is 31.8 Å². The van der Waals surface area contributed by atoms with E-state index in [2.05, 4.69) is 10.3 Å². The van der Waals surface area contributed by atoms with Gasteiger partial charge in [-0.15, -0.1) is 0 Å². The van der Waals surface area contributed by atoms with Crippen LogP contribution in [0.2, 0.25) is 0 Å². The highest BCUT2D eigenvalue weighted by atomic mass is 32.2. The van der Waals surface area contributed by atoms with E-state index in [4.69, 9.17) is 4.74 Å². The number of imide groups is 1. The molecule has 2 fully saturated rings. The van der Waals surface area contributed by atoms with Crippen LogP contribution in [0.3, 0.4) is 0 Å². The third-order valence-corrected chi connectivity index (χ3v) is 4.66. The fourth-order valence-corrected chi connectivity index (χ4v) is 2.89. The minimum atomic E-state index is -0.399. The van der Waals surface area contributed by atoms with Crippen LogP contribution in [0.25, 0.3) is 0 Å². The van der Waals surface area contributed by atoms with Crippen molar-refractivity contribution in [3.8, 4) is 5.88 Å². The van der Waals surface area contributed by atoms with E-state index in [-0.39, 0.29) is 18.5 Å². The van der Waals surface area contributed by atoms with Gasteiger partial charge in [-0.25, -0.2) is 9.78 Å². The average Bonchev–Trinajstić information content (AvgIpc) is 3.35. The Morgan fingerprint density at radius 3 is 2.87 bits per heavy atom. The second kappa shape index (κ2) is 7.21. The molecule has 1 aromatic rings. The van der Waals surface area contributed by atoms with Crippen LogP contribution in [0.1, 0.15) is 24.8 Å². The smallest absolute Gasteiger partial charge is 0.325 e. The van der Waals surface area contributed by atoms with E-state index in [9.17, 15) is 9.59 Å². The Balaban J connectivity index is 1.55. The summed E-state index contributed by atoms with van der Waals surface area (Å²) in [6.07, 6.45) is 6.79. The SMILES string of the molecule is CSCC[C@H]1NC(=O)N(Cc2ccc(OCC3CC3)nc2)C1=O. The van der Waals surface area contributed by atoms with Gasteiger partial charge in [0.25, 0.3) is 5.91 Å². The Labute approximate surface area is 140 Å². The van der Waals surface area contributed by atoms with E-state index < -0.39 is 6.04 Å². The van der Waals surface area contributed by atoms with E-state index in [0.717, 1.165) is 17.9 Å². The quantitative estimate of drug-likeness (QED) is 0.736. The first kappa shape index (κ1) is 16.1. The first-order chi connectivity index (χ1) is 11.2. The molecule has 7 heteroatoms. The van der Waals surface area contributed by atoms with Crippen LogP contribution in [-0.4, -0.2) is 46.5 Å². The van der Waals surface area contributed by atoms with Crippen LogP contribution in [0.4, 0.5) is 4.79 Å². The third kappa shape index (κ3) is 4.16. The second-order valence-corrected chi connectivity index (χ2v) is 6.95. The first-order valence-corrected chi connectivity index (χ1v) is 9.25. The Morgan fingerprint density at radius 2 is 2.22 bits per heavy atom. The molecule has 0 bridgehead atoms. The molecule has 0 unspecified atom stereocenters. The summed E-state index contributed by atoms with van der Waals surface area (Å²) in [5, 5.41) is 2.74. The Hall–Kier alpha value is -1.76. The van der Waals surface area contributed by atoms with Gasteiger partial charge in [0.05, 0.1) is 13.2 Å². The molecule has 3 rings (SSSR count). The molecule has 1 N–H and O–H groups in total. The number of hydrogen-bond acceptors (Lipinski definition) is 5. The molecular weight excluding hydrogens is 314 g/mol. The summed E-state index contributed by atoms with van der Waals surface area (Å²) in [6, 6.07) is 2.92. The highest BCUT2D eigenvalue weighted by Crippen LogP contribution is 2.29. The number of nitrogens with zero attached hydrogens (tertiary/aromatic N) is 2. The molecule has 1 aliphatic heterocycles. The van der Waals surface area contributed by atoms with Gasteiger partial charge in [0, 0.05) is 12.3 Å². The number of ether oxygens (including phenoxy) is 1. The monoisotopic (exact) mass is 335 g/mol. The fraction of sp³-hybridized carbons (Fsp3) is 0.562. The number of carbonyl (C=O) groups is 2. The van der Waals surface area contributed by atoms with Gasteiger partial charge >= 0.3 is 6.03 Å². The van der Waals surface area contributed by atoms with Gasteiger partial charge in [-0.05, 0) is 42.8 Å². The number of amides is 3. The molecule has 1 saturated heterocycles. The van der Waals surface area contributed by atoms with Crippen molar-refractivity contribution in [3.05, 3.63) is 23.9 Å². The Kier molecular flexibility index (Phi) is 5.05. The zero-order chi connectivity index (χ0) is 16.2. The van der Waals surface area contributed by atoms with Crippen LogP contribution in [0.15, 0.2) is 18.3 Å². The van der Waals surface area contributed by atoms with Crippen molar-refractivity contribution >= 4 is 23.7 Å². The molecule has 2 heterocycles. The van der Waals surface area contributed by atoms with Gasteiger partial charge in [0.1, 0.15) is 6.04 Å². The van der Waals surface area contributed by atoms with Gasteiger partial charge in [0.2, 0.25) is 5.88 Å². The van der Waals surface area contributed by atoms with Crippen molar-refractivity contribution in [3.63, 3.8) is 0 Å². The lowest BCUT2D eigenvalue weighted by Gasteiger charge is -2.13. The van der Waals surface area contributed by atoms with Crippen molar-refractivity contribution in [2.24, 2.45) is 5.92 Å². The number of aromatic nitrogens is 1. The maximum absolute atomic E-state index is 12.3. The van der Waals surface area contributed by atoms with Gasteiger partial charge in [0.15, 0.2) is 0 Å². The number of hydrogen-bond donors (Lipinski definition) is 1. The van der Waals surface area contributed by atoms with Crippen LogP contribution in [-0.2, 0) is 11.3 Å². The molecule has 1 aromatic heterocycles. The van der Waals surface area contributed by atoms with Crippen molar-refractivity contribution in [1.29, 1.82) is 0 Å². The van der Waals surface area contributed by atoms with Gasteiger partial charge in [-0.2, -0.15) is 11.8 Å². The normalized spacial score (nSPS) is 20.7. The molecule has 2 aliphatic rings. The average molecular weight is 335 g/mol. The highest BCUT2D eigenvalue weighted by molar-refractivity contribution is 7.98. The van der Waals surface area contributed by atoms with E-state index in [1.54, 1.807) is 24.0 Å². The predicted octanol–water partition coefficient (Wildman–Crippen LogP) is 2.04. The second-order valence-electron chi connectivity index (χ2n) is 5.97. The molecule has 1 atom stereocenters. The number of urea groups is 1. The number of rotatable bonds is 8. The number of nitrogens with one attached hydrogen (secondary N) is 1. The molecule has 6 nitrogen and oxygen atoms in total. The zero-order valence-corrected chi connectivity index (χ0v) is 14.0. The van der Waals surface area contributed by atoms with Gasteiger partial charge < -0.3 is 10.1 Å². The van der Waals surface area contributed by atoms with Crippen molar-refractivity contribution in [1.82, 2.24) is 15.2 Å². The predicted molar refractivity (Wildman–Crippen MR) is 88.3 cm³/mol. The Morgan fingerprint density at radius 1 is 1.39 bits per heavy atom. The molecule has 0 radical (unpaired) electrons. The van der Waals surface area contributed by atoms with Crippen LogP contribution >= 0.6 is 11.8 Å². The van der Waals surface area contributed by atoms with E-state index in [1.807, 2.05) is 12.3 Å². The lowest BCUT2D eigenvalue weighted by molar-refractivity contribution is -0.127. The summed E-state index contributed by atoms with van der Waals surface area (Å²) in [6.45, 7) is 0.965. The standard InChI is InChI=1S/C16H21N3O3S/c1-23-7-6-13-15(20)19(16(21)18-13)9-12-4-5-14(17-8-12)22-10-11-2-3-11/h4-5,8,11,13H,2-3,6-7,9-10H2,1H3,(H,18,21)/t13-/m1/s1. The number of thioether (sulfide) groups is 1. The molecule has 0 aromatic carbocycles. The molecule has 1 saturated carbocycles. The van der Waals surface area contributed by atoms with Gasteiger partial charge in [-0.1, -0.05) is 6.07 Å². The van der Waals surface area contributed by atoms with E-state index in [1.165, 1.54) is 17.7 Å². The van der Waals surface area contributed by atoms with Crippen molar-refractivity contribution in [2.75, 3.05) is 18.6 Å². The van der Waals surface area contributed by atoms with Crippen LogP contribution in [0, 0.1) is 5.92 Å². The molecule has 1 aliphatic carbocycles. The maximum atomic E-state index is 12.3. The van der Waals surface area contributed by atoms with Crippen molar-refractivity contribution < 1.29 is 14.3 Å². The summed E-state index contributed by atoms with van der Waals surface area (Å²) in [5.41, 5.74) is 0.817. The fourth-order valence-electron chi connectivity index (χ4n) is 2.42. The third-order valence-electron chi connectivity index (χ3n) is 4.02. The Bertz CT molecular complexity index is 574. The minimum absolute atomic E-state index is 0.155. The molecule has 3 amide bonds. The zero-order valence-electron chi connectivity index (χ0n) is 13.2. The summed E-state index contributed by atoms with van der Waals surface area (Å²) in [7, 11) is 0. The summed E-state index contributed by atoms with van der Waals surface area (Å²) >= 11 is 1.66.